The number of nitrogens with zero attached hydrogens (tertiary/aromatic N) is 1. The molecule has 26 heavy (non-hydrogen) atoms. The third-order valence-corrected chi connectivity index (χ3v) is 6.18. The SMILES string of the molecule is NC1Sc2c(-c3ccnc(F)c3)cccc2C1(N)c1ccc(F)c(Cl)c1. The zero-order chi connectivity index (χ0) is 18.5. The summed E-state index contributed by atoms with van der Waals surface area (Å²) < 4.78 is 27.1. The largest absolute Gasteiger partial charge is 0.317 e. The van der Waals surface area contributed by atoms with Gasteiger partial charge in [-0.05, 0) is 40.5 Å². The van der Waals surface area contributed by atoms with Gasteiger partial charge in [-0.3, -0.25) is 0 Å². The summed E-state index contributed by atoms with van der Waals surface area (Å²) in [6, 6.07) is 13.1. The third kappa shape index (κ3) is 2.61. The van der Waals surface area contributed by atoms with Crippen molar-refractivity contribution in [3.05, 3.63) is 82.6 Å². The highest BCUT2D eigenvalue weighted by Crippen LogP contribution is 2.51. The van der Waals surface area contributed by atoms with Crippen LogP contribution in [0.5, 0.6) is 0 Å². The van der Waals surface area contributed by atoms with E-state index in [9.17, 15) is 8.78 Å². The molecule has 3 nitrogen and oxygen atoms in total. The van der Waals surface area contributed by atoms with Crippen molar-refractivity contribution in [2.45, 2.75) is 15.8 Å². The summed E-state index contributed by atoms with van der Waals surface area (Å²) >= 11 is 7.35. The zero-order valence-electron chi connectivity index (χ0n) is 13.4. The van der Waals surface area contributed by atoms with Crippen LogP contribution in [-0.2, 0) is 5.54 Å². The minimum absolute atomic E-state index is 0.00895. The smallest absolute Gasteiger partial charge is 0.213 e. The average Bonchev–Trinajstić information content (AvgIpc) is 2.89. The molecule has 4 N–H and O–H groups in total. The Kier molecular flexibility index (Phi) is 4.23. The maximum atomic E-state index is 13.6. The van der Waals surface area contributed by atoms with Gasteiger partial charge in [-0.2, -0.15) is 4.39 Å². The molecule has 3 aromatic rings. The standard InChI is InChI=1S/C19H14ClF2N3S/c20-14-9-11(4-5-15(14)21)19(24)13-3-1-2-12(17(13)26-18(19)23)10-6-7-25-16(22)8-10/h1-9,18H,23-24H2. The van der Waals surface area contributed by atoms with Crippen LogP contribution in [0.3, 0.4) is 0 Å². The van der Waals surface area contributed by atoms with E-state index in [1.165, 1.54) is 36.2 Å². The number of halogens is 3. The monoisotopic (exact) mass is 389 g/mol. The summed E-state index contributed by atoms with van der Waals surface area (Å²) in [6.07, 6.45) is 1.42. The van der Waals surface area contributed by atoms with Crippen molar-refractivity contribution in [3.8, 4) is 11.1 Å². The molecule has 0 bridgehead atoms. The van der Waals surface area contributed by atoms with Crippen LogP contribution in [-0.4, -0.2) is 10.4 Å². The van der Waals surface area contributed by atoms with Crippen LogP contribution in [0.25, 0.3) is 11.1 Å². The van der Waals surface area contributed by atoms with E-state index in [4.69, 9.17) is 23.1 Å². The lowest BCUT2D eigenvalue weighted by Gasteiger charge is -2.30. The van der Waals surface area contributed by atoms with Crippen LogP contribution in [0.2, 0.25) is 5.02 Å². The van der Waals surface area contributed by atoms with Crippen molar-refractivity contribution in [2.24, 2.45) is 11.5 Å². The van der Waals surface area contributed by atoms with E-state index >= 15 is 0 Å². The molecule has 2 atom stereocenters. The lowest BCUT2D eigenvalue weighted by Crippen LogP contribution is -2.48. The maximum Gasteiger partial charge on any atom is 0.213 e. The lowest BCUT2D eigenvalue weighted by atomic mass is 9.82. The Labute approximate surface area is 158 Å². The lowest BCUT2D eigenvalue weighted by molar-refractivity contribution is 0.524. The second-order valence-electron chi connectivity index (χ2n) is 6.09. The number of nitrogens with two attached hydrogens (primary N) is 2. The second kappa shape index (κ2) is 6.32. The number of hydrogen-bond donors (Lipinski definition) is 2. The predicted molar refractivity (Wildman–Crippen MR) is 99.8 cm³/mol. The first-order valence-corrected chi connectivity index (χ1v) is 9.09. The molecule has 0 fully saturated rings. The third-order valence-electron chi connectivity index (χ3n) is 4.59. The minimum Gasteiger partial charge on any atom is -0.317 e. The number of thioether (sulfide) groups is 1. The highest BCUT2D eigenvalue weighted by Gasteiger charge is 2.45. The van der Waals surface area contributed by atoms with Crippen molar-refractivity contribution in [1.82, 2.24) is 4.98 Å². The Morgan fingerprint density at radius 3 is 2.65 bits per heavy atom. The fourth-order valence-electron chi connectivity index (χ4n) is 3.23. The van der Waals surface area contributed by atoms with Gasteiger partial charge in [-0.1, -0.05) is 35.9 Å². The Morgan fingerprint density at radius 2 is 1.92 bits per heavy atom. The molecular weight excluding hydrogens is 376 g/mol. The molecule has 0 aliphatic carbocycles. The van der Waals surface area contributed by atoms with Crippen molar-refractivity contribution >= 4 is 23.4 Å². The summed E-state index contributed by atoms with van der Waals surface area (Å²) in [5, 5.41) is -0.516. The van der Waals surface area contributed by atoms with Gasteiger partial charge in [0.2, 0.25) is 5.95 Å². The molecule has 0 amide bonds. The number of rotatable bonds is 2. The summed E-state index contributed by atoms with van der Waals surface area (Å²) in [5.74, 6) is -1.07. The van der Waals surface area contributed by atoms with Crippen LogP contribution in [0.1, 0.15) is 11.1 Å². The van der Waals surface area contributed by atoms with Crippen LogP contribution in [0.15, 0.2) is 59.6 Å². The molecule has 0 saturated heterocycles. The highest BCUT2D eigenvalue weighted by molar-refractivity contribution is 8.00. The van der Waals surface area contributed by atoms with Crippen molar-refractivity contribution in [1.29, 1.82) is 0 Å². The fraction of sp³-hybridized carbons (Fsp3) is 0.105. The average molecular weight is 390 g/mol. The number of hydrogen-bond acceptors (Lipinski definition) is 4. The zero-order valence-corrected chi connectivity index (χ0v) is 15.0. The summed E-state index contributed by atoms with van der Waals surface area (Å²) in [6.45, 7) is 0. The van der Waals surface area contributed by atoms with Gasteiger partial charge in [0.15, 0.2) is 0 Å². The normalized spacial score (nSPS) is 21.7. The van der Waals surface area contributed by atoms with E-state index in [1.54, 1.807) is 12.1 Å². The first-order valence-electron chi connectivity index (χ1n) is 7.83. The summed E-state index contributed by atoms with van der Waals surface area (Å²) in [5.41, 5.74) is 15.0. The second-order valence-corrected chi connectivity index (χ2v) is 7.64. The number of pyridine rings is 1. The van der Waals surface area contributed by atoms with Gasteiger partial charge in [0.1, 0.15) is 5.82 Å². The first-order chi connectivity index (χ1) is 12.4. The van der Waals surface area contributed by atoms with Gasteiger partial charge in [0.05, 0.1) is 15.9 Å². The van der Waals surface area contributed by atoms with Crippen molar-refractivity contribution < 1.29 is 8.78 Å². The Hall–Kier alpha value is -1.99. The summed E-state index contributed by atoms with van der Waals surface area (Å²) in [7, 11) is 0. The van der Waals surface area contributed by atoms with Crippen molar-refractivity contribution in [3.63, 3.8) is 0 Å². The van der Waals surface area contributed by atoms with Crippen LogP contribution >= 0.6 is 23.4 Å². The molecule has 1 aromatic heterocycles. The maximum absolute atomic E-state index is 13.6. The predicted octanol–water partition coefficient (Wildman–Crippen LogP) is 4.27. The number of aromatic nitrogens is 1. The molecule has 2 heterocycles. The first kappa shape index (κ1) is 17.4. The van der Waals surface area contributed by atoms with E-state index in [2.05, 4.69) is 4.98 Å². The Balaban J connectivity index is 1.91. The van der Waals surface area contributed by atoms with E-state index in [1.807, 2.05) is 18.2 Å². The van der Waals surface area contributed by atoms with E-state index < -0.39 is 22.7 Å². The van der Waals surface area contributed by atoms with Gasteiger partial charge in [-0.25, -0.2) is 9.37 Å². The molecule has 1 aliphatic rings. The van der Waals surface area contributed by atoms with E-state index in [0.717, 1.165) is 16.0 Å². The van der Waals surface area contributed by atoms with E-state index in [0.29, 0.717) is 11.1 Å². The number of fused-ring (bicyclic) bond motifs is 1. The molecule has 0 radical (unpaired) electrons. The van der Waals surface area contributed by atoms with Crippen LogP contribution in [0, 0.1) is 11.8 Å². The van der Waals surface area contributed by atoms with Gasteiger partial charge in [0.25, 0.3) is 0 Å². The highest BCUT2D eigenvalue weighted by atomic mass is 35.5. The van der Waals surface area contributed by atoms with Crippen LogP contribution in [0.4, 0.5) is 8.78 Å². The molecule has 2 unspecified atom stereocenters. The molecule has 0 spiro atoms. The molecule has 4 rings (SSSR count). The molecule has 0 saturated carbocycles. The fourth-order valence-corrected chi connectivity index (χ4v) is 4.79. The van der Waals surface area contributed by atoms with E-state index in [-0.39, 0.29) is 5.02 Å². The minimum atomic E-state index is -1.04. The van der Waals surface area contributed by atoms with Gasteiger partial charge in [0, 0.05) is 17.2 Å². The van der Waals surface area contributed by atoms with Gasteiger partial charge >= 0.3 is 0 Å². The Morgan fingerprint density at radius 1 is 1.12 bits per heavy atom. The van der Waals surface area contributed by atoms with Gasteiger partial charge < -0.3 is 11.5 Å². The molecular formula is C19H14ClF2N3S. The molecule has 2 aromatic carbocycles. The molecule has 132 valence electrons. The molecule has 1 aliphatic heterocycles. The Bertz CT molecular complexity index is 1010. The van der Waals surface area contributed by atoms with Crippen molar-refractivity contribution in [2.75, 3.05) is 0 Å². The topological polar surface area (TPSA) is 64.9 Å². The van der Waals surface area contributed by atoms with Gasteiger partial charge in [-0.15, -0.1) is 11.8 Å². The molecule has 7 heteroatoms. The van der Waals surface area contributed by atoms with Crippen LogP contribution < -0.4 is 11.5 Å². The number of benzene rings is 2. The quantitative estimate of drug-likeness (QED) is 0.642. The summed E-state index contributed by atoms with van der Waals surface area (Å²) in [4.78, 5) is 4.46.